The minimum atomic E-state index is -3.45. The average molecular weight is 314 g/mol. The average Bonchev–Trinajstić information content (AvgIpc) is 2.41. The molecule has 20 heavy (non-hydrogen) atoms. The summed E-state index contributed by atoms with van der Waals surface area (Å²) in [6.07, 6.45) is 0.806. The van der Waals surface area contributed by atoms with Crippen molar-refractivity contribution in [2.24, 2.45) is 0 Å². The highest BCUT2D eigenvalue weighted by atomic mass is 32.2. The van der Waals surface area contributed by atoms with Crippen molar-refractivity contribution < 1.29 is 8.42 Å². The summed E-state index contributed by atoms with van der Waals surface area (Å²) in [5, 5.41) is 0.311. The lowest BCUT2D eigenvalue weighted by molar-refractivity contribution is 0.340. The number of nitrogens with zero attached hydrogens (tertiary/aromatic N) is 1. The van der Waals surface area contributed by atoms with E-state index in [9.17, 15) is 8.42 Å². The Morgan fingerprint density at radius 3 is 2.70 bits per heavy atom. The Morgan fingerprint density at radius 1 is 1.40 bits per heavy atom. The van der Waals surface area contributed by atoms with Gasteiger partial charge in [0, 0.05) is 29.3 Å². The molecule has 4 nitrogen and oxygen atoms in total. The summed E-state index contributed by atoms with van der Waals surface area (Å²) < 4.78 is 27.1. The van der Waals surface area contributed by atoms with E-state index >= 15 is 0 Å². The number of rotatable bonds is 3. The first kappa shape index (κ1) is 15.7. The number of aryl methyl sites for hydroxylation is 1. The Morgan fingerprint density at radius 2 is 2.10 bits per heavy atom. The Kier molecular flexibility index (Phi) is 4.66. The summed E-state index contributed by atoms with van der Waals surface area (Å²) >= 11 is 1.82. The Balaban J connectivity index is 2.37. The highest BCUT2D eigenvalue weighted by molar-refractivity contribution is 8.00. The van der Waals surface area contributed by atoms with Gasteiger partial charge < -0.3 is 5.73 Å². The molecule has 0 spiro atoms. The van der Waals surface area contributed by atoms with Gasteiger partial charge in [-0.1, -0.05) is 19.9 Å². The zero-order chi connectivity index (χ0) is 14.9. The highest BCUT2D eigenvalue weighted by Crippen LogP contribution is 2.30. The summed E-state index contributed by atoms with van der Waals surface area (Å²) in [6, 6.07) is 5.08. The number of thioether (sulfide) groups is 1. The van der Waals surface area contributed by atoms with E-state index in [1.165, 1.54) is 0 Å². The lowest BCUT2D eigenvalue weighted by Crippen LogP contribution is -2.47. The van der Waals surface area contributed by atoms with Crippen LogP contribution in [0.15, 0.2) is 23.1 Å². The molecule has 1 heterocycles. The van der Waals surface area contributed by atoms with Gasteiger partial charge in [-0.2, -0.15) is 16.1 Å². The fraction of sp³-hybridized carbons (Fsp3) is 0.571. The van der Waals surface area contributed by atoms with E-state index in [4.69, 9.17) is 5.73 Å². The van der Waals surface area contributed by atoms with Crippen LogP contribution in [0.4, 0.5) is 5.69 Å². The van der Waals surface area contributed by atoms with E-state index in [0.717, 1.165) is 17.7 Å². The smallest absolute Gasteiger partial charge is 0.243 e. The molecule has 2 rings (SSSR count). The third-order valence-electron chi connectivity index (χ3n) is 3.93. The maximum Gasteiger partial charge on any atom is 0.243 e. The maximum atomic E-state index is 12.8. The van der Waals surface area contributed by atoms with Gasteiger partial charge in [-0.15, -0.1) is 0 Å². The molecule has 2 unspecified atom stereocenters. The van der Waals surface area contributed by atoms with E-state index in [2.05, 4.69) is 6.92 Å². The van der Waals surface area contributed by atoms with Crippen LogP contribution in [0.2, 0.25) is 0 Å². The van der Waals surface area contributed by atoms with Gasteiger partial charge in [0.25, 0.3) is 0 Å². The van der Waals surface area contributed by atoms with Crippen LogP contribution in [-0.4, -0.2) is 36.3 Å². The first-order chi connectivity index (χ1) is 9.37. The van der Waals surface area contributed by atoms with Gasteiger partial charge in [-0.25, -0.2) is 8.42 Å². The molecule has 1 aromatic rings. The number of benzene rings is 1. The molecule has 1 saturated heterocycles. The van der Waals surface area contributed by atoms with Crippen molar-refractivity contribution in [3.63, 3.8) is 0 Å². The second-order valence-corrected chi connectivity index (χ2v) is 8.52. The van der Waals surface area contributed by atoms with E-state index in [-0.39, 0.29) is 6.04 Å². The number of hydrogen-bond donors (Lipinski definition) is 1. The molecular weight excluding hydrogens is 292 g/mol. The molecule has 2 atom stereocenters. The SMILES string of the molecule is CCc1ccc(S(=O)(=O)N2CCSC(C)C2C)cc1N. The van der Waals surface area contributed by atoms with Gasteiger partial charge in [0.1, 0.15) is 0 Å². The summed E-state index contributed by atoms with van der Waals surface area (Å²) in [7, 11) is -3.45. The fourth-order valence-electron chi connectivity index (χ4n) is 2.44. The first-order valence-electron chi connectivity index (χ1n) is 6.89. The highest BCUT2D eigenvalue weighted by Gasteiger charge is 2.35. The molecule has 6 heteroatoms. The van der Waals surface area contributed by atoms with Gasteiger partial charge in [0.05, 0.1) is 4.90 Å². The zero-order valence-electron chi connectivity index (χ0n) is 12.2. The predicted molar refractivity (Wildman–Crippen MR) is 85.5 cm³/mol. The topological polar surface area (TPSA) is 63.4 Å². The van der Waals surface area contributed by atoms with Gasteiger partial charge >= 0.3 is 0 Å². The van der Waals surface area contributed by atoms with Crippen LogP contribution < -0.4 is 5.73 Å². The van der Waals surface area contributed by atoms with Crippen molar-refractivity contribution in [3.05, 3.63) is 23.8 Å². The summed E-state index contributed by atoms with van der Waals surface area (Å²) in [5.41, 5.74) is 7.47. The lowest BCUT2D eigenvalue weighted by Gasteiger charge is -2.36. The second-order valence-electron chi connectivity index (χ2n) is 5.15. The van der Waals surface area contributed by atoms with Gasteiger partial charge in [-0.3, -0.25) is 0 Å². The molecule has 0 saturated carbocycles. The third kappa shape index (κ3) is 2.82. The Bertz CT molecular complexity index is 587. The second kappa shape index (κ2) is 5.95. The van der Waals surface area contributed by atoms with E-state index < -0.39 is 10.0 Å². The molecule has 0 aliphatic carbocycles. The first-order valence-corrected chi connectivity index (χ1v) is 9.38. The van der Waals surface area contributed by atoms with Crippen LogP contribution >= 0.6 is 11.8 Å². The van der Waals surface area contributed by atoms with Gasteiger partial charge in [0.15, 0.2) is 0 Å². The third-order valence-corrected chi connectivity index (χ3v) is 7.25. The van der Waals surface area contributed by atoms with E-state index in [1.54, 1.807) is 16.4 Å². The predicted octanol–water partition coefficient (Wildman–Crippen LogP) is 2.35. The van der Waals surface area contributed by atoms with Crippen molar-refractivity contribution in [2.75, 3.05) is 18.0 Å². The molecule has 1 aliphatic rings. The van der Waals surface area contributed by atoms with Gasteiger partial charge in [-0.05, 0) is 31.0 Å². The van der Waals surface area contributed by atoms with Crippen LogP contribution in [0.1, 0.15) is 26.3 Å². The standard InChI is InChI=1S/C14H22N2O2S2/c1-4-12-5-6-13(9-14(12)15)20(17,18)16-7-8-19-11(3)10(16)2/h5-6,9-11H,4,7-8,15H2,1-3H3. The molecule has 0 bridgehead atoms. The van der Waals surface area contributed by atoms with Crippen molar-refractivity contribution >= 4 is 27.5 Å². The number of nitrogen functional groups attached to an aromatic ring is 1. The summed E-state index contributed by atoms with van der Waals surface area (Å²) in [4.78, 5) is 0.304. The molecule has 1 aliphatic heterocycles. The van der Waals surface area contributed by atoms with Crippen molar-refractivity contribution in [3.8, 4) is 0 Å². The van der Waals surface area contributed by atoms with Crippen LogP contribution in [-0.2, 0) is 16.4 Å². The summed E-state index contributed by atoms with van der Waals surface area (Å²) in [6.45, 7) is 6.61. The Hall–Kier alpha value is -0.720. The quantitative estimate of drug-likeness (QED) is 0.870. The number of sulfonamides is 1. The molecule has 0 radical (unpaired) electrons. The molecular formula is C14H22N2O2S2. The van der Waals surface area contributed by atoms with Crippen LogP contribution in [0.25, 0.3) is 0 Å². The van der Waals surface area contributed by atoms with Crippen molar-refractivity contribution in [2.45, 2.75) is 43.4 Å². The van der Waals surface area contributed by atoms with Gasteiger partial charge in [0.2, 0.25) is 10.0 Å². The molecule has 2 N–H and O–H groups in total. The zero-order valence-corrected chi connectivity index (χ0v) is 13.8. The molecule has 1 aromatic carbocycles. The van der Waals surface area contributed by atoms with Crippen LogP contribution in [0, 0.1) is 0 Å². The molecule has 0 aromatic heterocycles. The normalized spacial score (nSPS) is 24.8. The van der Waals surface area contributed by atoms with Crippen molar-refractivity contribution in [1.82, 2.24) is 4.31 Å². The van der Waals surface area contributed by atoms with Crippen LogP contribution in [0.3, 0.4) is 0 Å². The van der Waals surface area contributed by atoms with E-state index in [0.29, 0.717) is 22.4 Å². The Labute approximate surface area is 125 Å². The lowest BCUT2D eigenvalue weighted by atomic mass is 10.1. The number of anilines is 1. The van der Waals surface area contributed by atoms with Crippen LogP contribution in [0.5, 0.6) is 0 Å². The van der Waals surface area contributed by atoms with Crippen molar-refractivity contribution in [1.29, 1.82) is 0 Å². The molecule has 1 fully saturated rings. The molecule has 112 valence electrons. The number of hydrogen-bond acceptors (Lipinski definition) is 4. The fourth-order valence-corrected chi connectivity index (χ4v) is 5.47. The minimum absolute atomic E-state index is 0.00539. The molecule has 0 amide bonds. The minimum Gasteiger partial charge on any atom is -0.398 e. The number of nitrogens with two attached hydrogens (primary N) is 1. The maximum absolute atomic E-state index is 12.8. The largest absolute Gasteiger partial charge is 0.398 e. The van der Waals surface area contributed by atoms with E-state index in [1.807, 2.05) is 31.7 Å². The summed E-state index contributed by atoms with van der Waals surface area (Å²) in [5.74, 6) is 0.841. The monoisotopic (exact) mass is 314 g/mol.